The largest absolute Gasteiger partial charge is 0.756 e. The van der Waals surface area contributed by atoms with Crippen molar-refractivity contribution in [3.8, 4) is 0 Å². The highest BCUT2D eigenvalue weighted by atomic mass is 32.2. The van der Waals surface area contributed by atoms with E-state index in [-0.39, 0.29) is 59.3 Å². The highest BCUT2D eigenvalue weighted by Crippen LogP contribution is 2.43. The smallest absolute Gasteiger partial charge is 0.340 e. The Morgan fingerprint density at radius 3 is 1.65 bits per heavy atom. The number of amides is 9. The molecule has 382 valence electrons. The number of nitrogens with two attached hydrogens (primary N) is 2. The molecule has 9 amide bonds. The van der Waals surface area contributed by atoms with Crippen molar-refractivity contribution in [2.45, 2.75) is 118 Å². The fourth-order valence-corrected chi connectivity index (χ4v) is 8.01. The van der Waals surface area contributed by atoms with Crippen molar-refractivity contribution in [1.82, 2.24) is 45.6 Å². The number of nitrogens with one attached hydrogen (secondary N) is 4. The average molecular weight is 990 g/mol. The Morgan fingerprint density at radius 2 is 1.21 bits per heavy atom. The van der Waals surface area contributed by atoms with Crippen LogP contribution in [-0.4, -0.2) is 183 Å². The predicted octanol–water partition coefficient (Wildman–Crippen LogP) is -6.41. The summed E-state index contributed by atoms with van der Waals surface area (Å²) >= 11 is 0.535. The van der Waals surface area contributed by atoms with Gasteiger partial charge in [0.2, 0.25) is 41.4 Å². The number of thioether (sulfide) groups is 1. The second kappa shape index (κ2) is 27.1. The molecule has 0 radical (unpaired) electrons. The van der Waals surface area contributed by atoms with E-state index < -0.39 is 144 Å². The van der Waals surface area contributed by atoms with Gasteiger partial charge in [-0.05, 0) is 44.6 Å². The molecule has 0 unspecified atom stereocenters. The van der Waals surface area contributed by atoms with E-state index in [1.54, 1.807) is 0 Å². The van der Waals surface area contributed by atoms with Crippen LogP contribution in [0, 0.1) is 15.6 Å². The summed E-state index contributed by atoms with van der Waals surface area (Å²) in [5, 5.41) is 94.7. The summed E-state index contributed by atoms with van der Waals surface area (Å²) in [4.78, 5) is 128. The zero-order chi connectivity index (χ0) is 51.7. The van der Waals surface area contributed by atoms with Crippen molar-refractivity contribution < 1.29 is 68.7 Å². The topological polar surface area (TPSA) is 473 Å². The number of carbonyl (C=O) groups excluding carboxylic acids is 8. The summed E-state index contributed by atoms with van der Waals surface area (Å²) in [6.07, 6.45) is -6.36. The third-order valence-corrected chi connectivity index (χ3v) is 12.0. The second-order valence-electron chi connectivity index (χ2n) is 15.4. The number of hydrogen-bond acceptors (Lipinski definition) is 19. The molecule has 13 N–H and O–H groups in total. The molecule has 1 aliphatic rings. The van der Waals surface area contributed by atoms with E-state index >= 15 is 0 Å². The highest BCUT2D eigenvalue weighted by molar-refractivity contribution is 8.00. The summed E-state index contributed by atoms with van der Waals surface area (Å²) in [5.41, 5.74) is 9.94. The average Bonchev–Trinajstić information content (AvgIpc) is 3.56. The van der Waals surface area contributed by atoms with Gasteiger partial charge in [0.05, 0.1) is 30.1 Å². The van der Waals surface area contributed by atoms with E-state index in [0.29, 0.717) is 11.8 Å². The van der Waals surface area contributed by atoms with Crippen LogP contribution in [0.25, 0.3) is 0 Å². The molecule has 1 aromatic rings. The number of aliphatic hydroxyl groups is 4. The molecule has 68 heavy (non-hydrogen) atoms. The Hall–Kier alpha value is -6.06. The normalized spacial score (nSPS) is 19.6. The quantitative estimate of drug-likeness (QED) is 0.0406. The first-order chi connectivity index (χ1) is 31.7. The lowest BCUT2D eigenvalue weighted by atomic mass is 10.00. The Morgan fingerprint density at radius 1 is 0.765 bits per heavy atom. The molecule has 1 fully saturated rings. The molecular weight excluding hydrogens is 933 g/mol. The van der Waals surface area contributed by atoms with Gasteiger partial charge < -0.3 is 89.1 Å². The molecule has 2 heterocycles. The van der Waals surface area contributed by atoms with Crippen LogP contribution in [0.1, 0.15) is 64.7 Å². The van der Waals surface area contributed by atoms with E-state index in [4.69, 9.17) is 11.5 Å². The van der Waals surface area contributed by atoms with Crippen molar-refractivity contribution in [1.29, 1.82) is 0 Å². The maximum atomic E-state index is 13.8. The van der Waals surface area contributed by atoms with Gasteiger partial charge >= 0.3 is 17.7 Å². The molecule has 10 atom stereocenters. The molecule has 1 aliphatic heterocycles. The number of aliphatic hydroxyl groups excluding tert-OH is 4. The van der Waals surface area contributed by atoms with Crippen LogP contribution in [0.3, 0.4) is 0 Å². The van der Waals surface area contributed by atoms with E-state index in [9.17, 15) is 89.1 Å². The van der Waals surface area contributed by atoms with Gasteiger partial charge in [0.1, 0.15) is 35.1 Å². The number of carboxylic acids is 1. The maximum absolute atomic E-state index is 13.8. The number of nitrogens with zero attached hydrogens (tertiary/aromatic N) is 6. The van der Waals surface area contributed by atoms with Gasteiger partial charge in [0.15, 0.2) is 6.04 Å². The molecule has 1 aromatic heterocycles. The predicted molar refractivity (Wildman–Crippen MR) is 234 cm³/mol. The molecular formula is C37H57N12O18S-3. The standard InChI is InChI=1S/C37H57N12O18S/c1-17(51)47(65)12-5-8-20(38)30(57)40-21(9-6-13-48(66)18(2)52)31(58)41-22(10-7-14-49(67)19(3)53)32(59)42-23(16-50)33(60)44-25(35(61)62)26(54)29-27(55)28(56)34(68-29)46-15-11-24(43-36(39)63)45(4)37(46)64/h11,15,20-23,25-29,34,50,54-56H,5-10,12-14,16,38H2,1-4H3,(H2,39,63)(H,40,57)(H,41,58)(H,42,59)(H,44,60)(H,61,62)/q-3/b43-24+/t20-,21-,22-,23-,25+,26-,27+,28+,29+,34+/m0/s1. The number of aliphatic carboxylic acids is 1. The first-order valence-electron chi connectivity index (χ1n) is 20.7. The number of primary amides is 1. The third-order valence-electron chi connectivity index (χ3n) is 10.3. The maximum Gasteiger partial charge on any atom is 0.340 e. The Labute approximate surface area is 390 Å². The Bertz CT molecular complexity index is 2130. The number of urea groups is 1. The Balaban J connectivity index is 2.35. The van der Waals surface area contributed by atoms with Crippen LogP contribution in [0.5, 0.6) is 0 Å². The van der Waals surface area contributed by atoms with Gasteiger partial charge in [0, 0.05) is 53.6 Å². The van der Waals surface area contributed by atoms with Gasteiger partial charge in [0.25, 0.3) is 0 Å². The number of carbonyl (C=O) groups is 9. The van der Waals surface area contributed by atoms with E-state index in [2.05, 4.69) is 20.9 Å². The first-order valence-corrected chi connectivity index (χ1v) is 21.7. The Kier molecular flexibility index (Phi) is 23.1. The monoisotopic (exact) mass is 989 g/mol. The molecule has 0 bridgehead atoms. The van der Waals surface area contributed by atoms with Gasteiger partial charge in [-0.3, -0.25) is 42.7 Å². The molecule has 0 spiro atoms. The zero-order valence-corrected chi connectivity index (χ0v) is 38.1. The van der Waals surface area contributed by atoms with Crippen LogP contribution in [-0.2, 0) is 45.4 Å². The molecule has 0 aromatic carbocycles. The molecule has 0 saturated carbocycles. The molecule has 0 aliphatic carbocycles. The van der Waals surface area contributed by atoms with Crippen molar-refractivity contribution in [2.24, 2.45) is 23.5 Å². The minimum Gasteiger partial charge on any atom is -0.756 e. The van der Waals surface area contributed by atoms with Crippen LogP contribution in [0.15, 0.2) is 22.1 Å². The lowest BCUT2D eigenvalue weighted by Gasteiger charge is -2.30. The number of hydroxylamine groups is 6. The number of rotatable bonds is 25. The lowest BCUT2D eigenvalue weighted by Crippen LogP contribution is -2.61. The molecule has 30 nitrogen and oxygen atoms in total. The van der Waals surface area contributed by atoms with Crippen LogP contribution in [0.2, 0.25) is 0 Å². The van der Waals surface area contributed by atoms with E-state index in [1.807, 2.05) is 5.32 Å². The zero-order valence-electron chi connectivity index (χ0n) is 37.3. The van der Waals surface area contributed by atoms with Gasteiger partial charge in [-0.15, -0.1) is 11.8 Å². The molecule has 31 heteroatoms. The molecule has 2 rings (SSSR count). The lowest BCUT2D eigenvalue weighted by molar-refractivity contribution is -0.146. The van der Waals surface area contributed by atoms with Gasteiger partial charge in [-0.2, -0.15) is 4.99 Å². The van der Waals surface area contributed by atoms with Crippen LogP contribution < -0.4 is 43.9 Å². The van der Waals surface area contributed by atoms with Crippen LogP contribution in [0.4, 0.5) is 4.79 Å². The van der Waals surface area contributed by atoms with Crippen molar-refractivity contribution in [2.75, 3.05) is 26.2 Å². The van der Waals surface area contributed by atoms with Crippen molar-refractivity contribution in [3.63, 3.8) is 0 Å². The van der Waals surface area contributed by atoms with Gasteiger partial charge in [-0.1, -0.05) is 0 Å². The summed E-state index contributed by atoms with van der Waals surface area (Å²) in [7, 11) is 1.21. The number of carboxylic acid groups (broad SMARTS) is 1. The summed E-state index contributed by atoms with van der Waals surface area (Å²) < 4.78 is 1.77. The third kappa shape index (κ3) is 16.9. The summed E-state index contributed by atoms with van der Waals surface area (Å²) in [5.74, 6) is -9.23. The first kappa shape index (κ1) is 58.1. The SMILES string of the molecule is CC(=O)N([O-])CCC[C@H](NC(=O)[C@H](CCCN([O-])C(C)=O)NC(=O)[C@@H](N)CCCN([O-])C(C)=O)C(=O)N[C@@H](CO)C(=O)N[C@@H](C(=O)O)[C@H](O)[C@H]1S[C@@H](n2cc/c(=N\C(N)=O)n(C)c2=O)[C@H](O)[C@H]1O. The number of hydrogen-bond donors (Lipinski definition) is 11. The van der Waals surface area contributed by atoms with Gasteiger partial charge in [-0.25, -0.2) is 14.4 Å². The summed E-state index contributed by atoms with van der Waals surface area (Å²) in [6.45, 7) is 0.467. The van der Waals surface area contributed by atoms with Crippen molar-refractivity contribution in [3.05, 3.63) is 43.9 Å². The fraction of sp³-hybridized carbons (Fsp3) is 0.649. The van der Waals surface area contributed by atoms with Crippen molar-refractivity contribution >= 4 is 65.1 Å². The van der Waals surface area contributed by atoms with E-state index in [0.717, 1.165) is 36.1 Å². The molecule has 1 saturated heterocycles. The highest BCUT2D eigenvalue weighted by Gasteiger charge is 2.50. The minimum atomic E-state index is -2.32. The second-order valence-corrected chi connectivity index (χ2v) is 16.7. The fourth-order valence-electron chi connectivity index (χ4n) is 6.44. The van der Waals surface area contributed by atoms with Crippen LogP contribution >= 0.6 is 11.8 Å². The van der Waals surface area contributed by atoms with E-state index in [1.165, 1.54) is 13.1 Å². The summed E-state index contributed by atoms with van der Waals surface area (Å²) in [6, 6.07) is -8.98. The number of aromatic nitrogens is 2. The minimum absolute atomic E-state index is 0.0238.